The fourth-order valence-corrected chi connectivity index (χ4v) is 4.82. The molecule has 186 valence electrons. The van der Waals surface area contributed by atoms with Crippen LogP contribution in [0.3, 0.4) is 0 Å². The van der Waals surface area contributed by atoms with Crippen molar-refractivity contribution >= 4 is 5.82 Å². The molecule has 3 heterocycles. The van der Waals surface area contributed by atoms with E-state index in [1.54, 1.807) is 12.1 Å². The number of likely N-dealkylation sites (tertiary alicyclic amines) is 2. The van der Waals surface area contributed by atoms with Gasteiger partial charge in [-0.3, -0.25) is 0 Å². The molecule has 7 nitrogen and oxygen atoms in total. The predicted octanol–water partition coefficient (Wildman–Crippen LogP) is 3.51. The summed E-state index contributed by atoms with van der Waals surface area (Å²) in [5, 5.41) is 31.6. The Labute approximate surface area is 197 Å². The van der Waals surface area contributed by atoms with Crippen molar-refractivity contribution in [1.29, 1.82) is 0 Å². The van der Waals surface area contributed by atoms with Crippen molar-refractivity contribution in [1.82, 2.24) is 20.0 Å². The number of aliphatic hydroxyl groups is 1. The van der Waals surface area contributed by atoms with Crippen LogP contribution < -0.4 is 5.32 Å². The predicted molar refractivity (Wildman–Crippen MR) is 124 cm³/mol. The van der Waals surface area contributed by atoms with Crippen molar-refractivity contribution in [3.8, 4) is 17.0 Å². The molecule has 0 saturated carbocycles. The number of alkyl halides is 3. The highest BCUT2D eigenvalue weighted by Crippen LogP contribution is 2.38. The summed E-state index contributed by atoms with van der Waals surface area (Å²) in [6, 6.07) is 5.37. The van der Waals surface area contributed by atoms with Gasteiger partial charge < -0.3 is 25.3 Å². The lowest BCUT2D eigenvalue weighted by Crippen LogP contribution is -2.46. The van der Waals surface area contributed by atoms with Gasteiger partial charge in [0.25, 0.3) is 0 Å². The van der Waals surface area contributed by atoms with Gasteiger partial charge in [0.1, 0.15) is 11.6 Å². The average Bonchev–Trinajstić information content (AvgIpc) is 2.79. The highest BCUT2D eigenvalue weighted by molar-refractivity contribution is 5.71. The van der Waals surface area contributed by atoms with Crippen LogP contribution in [-0.4, -0.2) is 81.6 Å². The highest BCUT2D eigenvalue weighted by atomic mass is 19.4. The average molecular weight is 480 g/mol. The quantitative estimate of drug-likeness (QED) is 0.585. The molecule has 2 fully saturated rings. The van der Waals surface area contributed by atoms with Crippen LogP contribution in [0.4, 0.5) is 19.0 Å². The second-order valence-corrected chi connectivity index (χ2v) is 9.35. The minimum absolute atomic E-state index is 0.153. The molecule has 3 N–H and O–H groups in total. The number of anilines is 1. The number of halogens is 3. The lowest BCUT2D eigenvalue weighted by atomic mass is 10.0. The third-order valence-corrected chi connectivity index (χ3v) is 6.71. The second-order valence-electron chi connectivity index (χ2n) is 9.35. The summed E-state index contributed by atoms with van der Waals surface area (Å²) < 4.78 is 38.9. The standard InChI is InChI=1S/C24H32F3N5O2/c1-16-13-17(24(25,26)27)14-21(34)23(16)20-4-5-22(30-29-20)28-18-3-2-8-32(15-18)12-11-31-9-6-19(33)7-10-31/h4-5,13-14,18-19,33-34H,2-3,6-12,15H2,1H3,(H,28,30)/t18-/m1/s1. The molecule has 2 saturated heterocycles. The zero-order valence-corrected chi connectivity index (χ0v) is 19.4. The van der Waals surface area contributed by atoms with E-state index < -0.39 is 17.5 Å². The van der Waals surface area contributed by atoms with E-state index >= 15 is 0 Å². The van der Waals surface area contributed by atoms with E-state index in [1.165, 1.54) is 6.92 Å². The Morgan fingerprint density at radius 1 is 1.03 bits per heavy atom. The number of phenols is 1. The molecule has 2 aliphatic heterocycles. The number of aromatic hydroxyl groups is 1. The van der Waals surface area contributed by atoms with Crippen molar-refractivity contribution in [3.63, 3.8) is 0 Å². The summed E-state index contributed by atoms with van der Waals surface area (Å²) >= 11 is 0. The molecule has 2 aliphatic rings. The second kappa shape index (κ2) is 10.5. The summed E-state index contributed by atoms with van der Waals surface area (Å²) in [4.78, 5) is 4.85. The van der Waals surface area contributed by atoms with Crippen LogP contribution in [0.5, 0.6) is 5.75 Å². The summed E-state index contributed by atoms with van der Waals surface area (Å²) in [6.45, 7) is 7.37. The Morgan fingerprint density at radius 2 is 1.76 bits per heavy atom. The third kappa shape index (κ3) is 6.17. The molecule has 2 aromatic rings. The van der Waals surface area contributed by atoms with E-state index in [-0.39, 0.29) is 23.3 Å². The number of phenolic OH excluding ortho intramolecular Hbond substituents is 1. The normalized spacial score (nSPS) is 21.0. The van der Waals surface area contributed by atoms with Crippen molar-refractivity contribution in [2.45, 2.75) is 50.9 Å². The molecule has 0 spiro atoms. The Morgan fingerprint density at radius 3 is 2.41 bits per heavy atom. The number of hydrogen-bond acceptors (Lipinski definition) is 7. The van der Waals surface area contributed by atoms with Crippen LogP contribution in [0.15, 0.2) is 24.3 Å². The summed E-state index contributed by atoms with van der Waals surface area (Å²) in [5.74, 6) is 0.137. The molecule has 4 rings (SSSR count). The Bertz CT molecular complexity index is 939. The number of benzene rings is 1. The fraction of sp³-hybridized carbons (Fsp3) is 0.583. The van der Waals surface area contributed by atoms with Crippen molar-refractivity contribution in [2.24, 2.45) is 0 Å². The summed E-state index contributed by atoms with van der Waals surface area (Å²) in [6.07, 6.45) is -0.871. The van der Waals surface area contributed by atoms with Crippen LogP contribution in [0.1, 0.15) is 36.8 Å². The van der Waals surface area contributed by atoms with Gasteiger partial charge in [-0.25, -0.2) is 0 Å². The first kappa shape index (κ1) is 24.7. The third-order valence-electron chi connectivity index (χ3n) is 6.71. The van der Waals surface area contributed by atoms with Gasteiger partial charge in [-0.15, -0.1) is 10.2 Å². The van der Waals surface area contributed by atoms with Gasteiger partial charge in [0.15, 0.2) is 0 Å². The molecule has 10 heteroatoms. The smallest absolute Gasteiger partial charge is 0.416 e. The lowest BCUT2D eigenvalue weighted by molar-refractivity contribution is -0.137. The van der Waals surface area contributed by atoms with E-state index in [0.29, 0.717) is 11.5 Å². The fourth-order valence-electron chi connectivity index (χ4n) is 4.82. The number of hydrogen-bond donors (Lipinski definition) is 3. The van der Waals surface area contributed by atoms with Crippen LogP contribution >= 0.6 is 0 Å². The van der Waals surface area contributed by atoms with Gasteiger partial charge in [-0.2, -0.15) is 13.2 Å². The number of piperidine rings is 2. The van der Waals surface area contributed by atoms with Crippen molar-refractivity contribution in [3.05, 3.63) is 35.4 Å². The number of nitrogens with zero attached hydrogens (tertiary/aromatic N) is 4. The van der Waals surface area contributed by atoms with Crippen LogP contribution in [0, 0.1) is 6.92 Å². The van der Waals surface area contributed by atoms with Gasteiger partial charge in [0.2, 0.25) is 0 Å². The number of nitrogens with one attached hydrogen (secondary N) is 1. The first-order valence-corrected chi connectivity index (χ1v) is 11.8. The summed E-state index contributed by atoms with van der Waals surface area (Å²) in [5.41, 5.74) is -0.0296. The Kier molecular flexibility index (Phi) is 7.59. The maximum Gasteiger partial charge on any atom is 0.416 e. The van der Waals surface area contributed by atoms with Gasteiger partial charge in [-0.1, -0.05) is 0 Å². The Hall–Kier alpha value is -2.43. The minimum atomic E-state index is -4.52. The SMILES string of the molecule is Cc1cc(C(F)(F)F)cc(O)c1-c1ccc(N[C@@H]2CCCN(CCN3CCC(O)CC3)C2)nn1. The first-order chi connectivity index (χ1) is 16.2. The number of rotatable bonds is 6. The molecular formula is C24H32F3N5O2. The molecule has 1 aromatic heterocycles. The van der Waals surface area contributed by atoms with Crippen LogP contribution in [-0.2, 0) is 6.18 Å². The molecule has 0 unspecified atom stereocenters. The number of aliphatic hydroxyl groups excluding tert-OH is 1. The van der Waals surface area contributed by atoms with Crippen LogP contribution in [0.2, 0.25) is 0 Å². The van der Waals surface area contributed by atoms with Crippen LogP contribution in [0.25, 0.3) is 11.3 Å². The maximum atomic E-state index is 13.0. The van der Waals surface area contributed by atoms with Gasteiger partial charge in [0, 0.05) is 44.3 Å². The Balaban J connectivity index is 1.34. The van der Waals surface area contributed by atoms with Crippen molar-refractivity contribution < 1.29 is 23.4 Å². The van der Waals surface area contributed by atoms with E-state index in [2.05, 4.69) is 25.3 Å². The van der Waals surface area contributed by atoms with Gasteiger partial charge in [-0.05, 0) is 69.0 Å². The van der Waals surface area contributed by atoms with Gasteiger partial charge in [0.05, 0.1) is 17.4 Å². The van der Waals surface area contributed by atoms with Crippen molar-refractivity contribution in [2.75, 3.05) is 44.6 Å². The van der Waals surface area contributed by atoms with Gasteiger partial charge >= 0.3 is 6.18 Å². The zero-order valence-electron chi connectivity index (χ0n) is 19.4. The first-order valence-electron chi connectivity index (χ1n) is 11.8. The largest absolute Gasteiger partial charge is 0.507 e. The highest BCUT2D eigenvalue weighted by Gasteiger charge is 2.32. The number of aromatic nitrogens is 2. The van der Waals surface area contributed by atoms with E-state index in [1.807, 2.05) is 0 Å². The molecular weight excluding hydrogens is 447 g/mol. The maximum absolute atomic E-state index is 13.0. The molecule has 1 aromatic carbocycles. The minimum Gasteiger partial charge on any atom is -0.507 e. The molecule has 34 heavy (non-hydrogen) atoms. The number of aryl methyl sites for hydroxylation is 1. The van der Waals surface area contributed by atoms with E-state index in [9.17, 15) is 23.4 Å². The van der Waals surface area contributed by atoms with E-state index in [4.69, 9.17) is 0 Å². The lowest BCUT2D eigenvalue weighted by Gasteiger charge is -2.36. The molecule has 0 aliphatic carbocycles. The molecule has 0 amide bonds. The monoisotopic (exact) mass is 479 g/mol. The summed E-state index contributed by atoms with van der Waals surface area (Å²) in [7, 11) is 0. The topological polar surface area (TPSA) is 84.8 Å². The molecule has 1 atom stereocenters. The molecule has 0 bridgehead atoms. The van der Waals surface area contributed by atoms with E-state index in [0.717, 1.165) is 77.1 Å². The zero-order chi connectivity index (χ0) is 24.3. The molecule has 0 radical (unpaired) electrons.